The Kier molecular flexibility index (Phi) is 9.15. The van der Waals surface area contributed by atoms with Gasteiger partial charge in [0, 0.05) is 18.7 Å². The zero-order valence-electron chi connectivity index (χ0n) is 22.0. The Morgan fingerprint density at radius 2 is 1.90 bits per heavy atom. The Bertz CT molecular complexity index is 1500. The van der Waals surface area contributed by atoms with Crippen LogP contribution in [0, 0.1) is 0 Å². The molecule has 11 nitrogen and oxygen atoms in total. The van der Waals surface area contributed by atoms with Gasteiger partial charge in [-0.05, 0) is 61.2 Å². The first-order valence-electron chi connectivity index (χ1n) is 12.6. The van der Waals surface area contributed by atoms with E-state index in [1.54, 1.807) is 36.4 Å². The highest BCUT2D eigenvalue weighted by atomic mass is 32.2. The summed E-state index contributed by atoms with van der Waals surface area (Å²) in [5.74, 6) is 1.55. The second kappa shape index (κ2) is 12.6. The SMILES string of the molecule is C=C1CC[C@@H](Oc2ccc(N3CC(=O)NS3(=O)=O)cc2)C/C=C\C=C/1Oc1ccc(OCCCS(C)(=O)=O)nc1. The van der Waals surface area contributed by atoms with Gasteiger partial charge in [0.05, 0.1) is 24.2 Å². The Labute approximate surface area is 234 Å². The summed E-state index contributed by atoms with van der Waals surface area (Å²) >= 11 is 0. The van der Waals surface area contributed by atoms with Gasteiger partial charge in [-0.15, -0.1) is 0 Å². The first-order valence-corrected chi connectivity index (χ1v) is 16.1. The monoisotopic (exact) mass is 589 g/mol. The fraction of sp³-hybridized carbons (Fsp3) is 0.333. The summed E-state index contributed by atoms with van der Waals surface area (Å²) in [5, 5.41) is 0. The number of benzene rings is 1. The molecule has 1 fully saturated rings. The zero-order valence-corrected chi connectivity index (χ0v) is 23.6. The number of nitrogens with one attached hydrogen (secondary N) is 1. The summed E-state index contributed by atoms with van der Waals surface area (Å²) in [6.07, 6.45) is 10.6. The van der Waals surface area contributed by atoms with Crippen molar-refractivity contribution < 1.29 is 35.8 Å². The van der Waals surface area contributed by atoms with E-state index in [1.165, 1.54) is 12.5 Å². The minimum atomic E-state index is -3.86. The number of nitrogens with zero attached hydrogens (tertiary/aromatic N) is 2. The zero-order chi connectivity index (χ0) is 28.8. The topological polar surface area (TPSA) is 141 Å². The number of hydrogen-bond acceptors (Lipinski definition) is 9. The minimum Gasteiger partial charge on any atom is -0.490 e. The van der Waals surface area contributed by atoms with Gasteiger partial charge in [0.1, 0.15) is 39.7 Å². The van der Waals surface area contributed by atoms with Gasteiger partial charge in [-0.1, -0.05) is 18.7 Å². The van der Waals surface area contributed by atoms with Crippen LogP contribution in [0.1, 0.15) is 25.7 Å². The molecule has 1 aromatic carbocycles. The predicted octanol–water partition coefficient (Wildman–Crippen LogP) is 3.08. The molecule has 1 atom stereocenters. The predicted molar refractivity (Wildman–Crippen MR) is 150 cm³/mol. The van der Waals surface area contributed by atoms with Crippen molar-refractivity contribution in [2.45, 2.75) is 31.8 Å². The maximum atomic E-state index is 12.0. The van der Waals surface area contributed by atoms with Crippen LogP contribution in [-0.2, 0) is 24.8 Å². The van der Waals surface area contributed by atoms with Gasteiger partial charge in [-0.2, -0.15) is 8.42 Å². The second-order valence-electron chi connectivity index (χ2n) is 9.37. The van der Waals surface area contributed by atoms with Crippen molar-refractivity contribution in [3.63, 3.8) is 0 Å². The van der Waals surface area contributed by atoms with Crippen molar-refractivity contribution >= 4 is 31.6 Å². The third-order valence-electron chi connectivity index (χ3n) is 5.99. The third-order valence-corrected chi connectivity index (χ3v) is 8.43. The molecule has 4 rings (SSSR count). The molecule has 0 saturated carbocycles. The number of carbonyl (C=O) groups excluding carboxylic acids is 1. The number of amides is 1. The van der Waals surface area contributed by atoms with Crippen LogP contribution in [0.3, 0.4) is 0 Å². The third kappa shape index (κ3) is 8.33. The number of carbonyl (C=O) groups is 1. The Morgan fingerprint density at radius 1 is 1.15 bits per heavy atom. The number of rotatable bonds is 10. The van der Waals surface area contributed by atoms with E-state index in [9.17, 15) is 21.6 Å². The van der Waals surface area contributed by atoms with Gasteiger partial charge < -0.3 is 14.2 Å². The molecule has 1 aromatic heterocycles. The first-order chi connectivity index (χ1) is 19.0. The van der Waals surface area contributed by atoms with Gasteiger partial charge in [0.2, 0.25) is 5.88 Å². The summed E-state index contributed by atoms with van der Waals surface area (Å²) < 4.78 is 67.1. The molecule has 0 radical (unpaired) electrons. The molecule has 0 unspecified atom stereocenters. The van der Waals surface area contributed by atoms with Gasteiger partial charge in [0.15, 0.2) is 0 Å². The van der Waals surface area contributed by atoms with E-state index in [2.05, 4.69) is 11.6 Å². The molecule has 13 heteroatoms. The van der Waals surface area contributed by atoms with Crippen LogP contribution in [0.2, 0.25) is 0 Å². The minimum absolute atomic E-state index is 0.0579. The number of allylic oxidation sites excluding steroid dienone is 3. The van der Waals surface area contributed by atoms with Gasteiger partial charge in [-0.3, -0.25) is 4.79 Å². The van der Waals surface area contributed by atoms with Crippen molar-refractivity contribution in [2.75, 3.05) is 29.5 Å². The van der Waals surface area contributed by atoms with E-state index < -0.39 is 26.0 Å². The van der Waals surface area contributed by atoms with E-state index >= 15 is 0 Å². The van der Waals surface area contributed by atoms with Crippen LogP contribution in [0.15, 0.2) is 78.7 Å². The lowest BCUT2D eigenvalue weighted by Crippen LogP contribution is -2.29. The fourth-order valence-corrected chi connectivity index (χ4v) is 5.78. The molecule has 0 spiro atoms. The lowest BCUT2D eigenvalue weighted by molar-refractivity contribution is -0.117. The number of ether oxygens (including phenoxy) is 3. The number of aromatic nitrogens is 1. The fourth-order valence-electron chi connectivity index (χ4n) is 3.99. The highest BCUT2D eigenvalue weighted by Gasteiger charge is 2.33. The average molecular weight is 590 g/mol. The van der Waals surface area contributed by atoms with Crippen LogP contribution in [0.5, 0.6) is 17.4 Å². The Morgan fingerprint density at radius 3 is 2.55 bits per heavy atom. The summed E-state index contributed by atoms with van der Waals surface area (Å²) in [7, 11) is -6.88. The quantitative estimate of drug-likeness (QED) is 0.414. The van der Waals surface area contributed by atoms with Crippen molar-refractivity contribution in [2.24, 2.45) is 0 Å². The lowest BCUT2D eigenvalue weighted by Gasteiger charge is -2.20. The van der Waals surface area contributed by atoms with Crippen molar-refractivity contribution in [1.82, 2.24) is 9.71 Å². The van der Waals surface area contributed by atoms with Crippen molar-refractivity contribution in [1.29, 1.82) is 0 Å². The molecule has 40 heavy (non-hydrogen) atoms. The smallest absolute Gasteiger partial charge is 0.326 e. The number of sulfone groups is 1. The Hall–Kier alpha value is -3.84. The highest BCUT2D eigenvalue weighted by Crippen LogP contribution is 2.27. The van der Waals surface area contributed by atoms with Crippen LogP contribution < -0.4 is 23.2 Å². The molecule has 1 N–H and O–H groups in total. The van der Waals surface area contributed by atoms with E-state index in [1.807, 2.05) is 23.0 Å². The first kappa shape index (κ1) is 29.2. The van der Waals surface area contributed by atoms with Crippen LogP contribution >= 0.6 is 0 Å². The summed E-state index contributed by atoms with van der Waals surface area (Å²) in [5.41, 5.74) is 1.16. The van der Waals surface area contributed by atoms with Gasteiger partial charge >= 0.3 is 10.2 Å². The largest absolute Gasteiger partial charge is 0.490 e. The van der Waals surface area contributed by atoms with E-state index in [-0.39, 0.29) is 25.0 Å². The van der Waals surface area contributed by atoms with Crippen LogP contribution in [0.4, 0.5) is 5.69 Å². The molecular weight excluding hydrogens is 558 g/mol. The Balaban J connectivity index is 1.28. The molecule has 1 aliphatic carbocycles. The molecule has 1 amide bonds. The normalized spacial score (nSPS) is 21.3. The molecule has 2 aliphatic rings. The molecule has 214 valence electrons. The highest BCUT2D eigenvalue weighted by molar-refractivity contribution is 7.92. The van der Waals surface area contributed by atoms with E-state index in [4.69, 9.17) is 14.2 Å². The van der Waals surface area contributed by atoms with Crippen molar-refractivity contribution in [3.05, 3.63) is 78.7 Å². The number of pyridine rings is 1. The summed E-state index contributed by atoms with van der Waals surface area (Å²) in [6.45, 7) is 4.16. The number of anilines is 1. The lowest BCUT2D eigenvalue weighted by atomic mass is 10.1. The maximum Gasteiger partial charge on any atom is 0.326 e. The standard InChI is InChI=1S/C27H31N3O8S2/c1-20-8-11-22(37-23-12-9-21(10-13-23)30-19-26(31)29-40(30,34)35)6-3-4-7-25(20)38-24-14-15-27(28-18-24)36-16-5-17-39(2,32)33/h3-4,7,9-10,12-15,18,22H,1,5-6,8,11,16-17,19H2,2H3,(H,29,31)/b4-3-,25-7+/t22-/m0/s1. The van der Waals surface area contributed by atoms with E-state index in [0.29, 0.717) is 54.5 Å². The second-order valence-corrected chi connectivity index (χ2v) is 13.2. The maximum absolute atomic E-state index is 12.0. The average Bonchev–Trinajstić information content (AvgIpc) is 3.21. The van der Waals surface area contributed by atoms with Crippen molar-refractivity contribution in [3.8, 4) is 17.4 Å². The van der Waals surface area contributed by atoms with Crippen LogP contribution in [0.25, 0.3) is 0 Å². The molecule has 1 saturated heterocycles. The molecule has 1 aliphatic heterocycles. The summed E-state index contributed by atoms with van der Waals surface area (Å²) in [4.78, 5) is 15.7. The molecular formula is C27H31N3O8S2. The number of hydrogen-bond donors (Lipinski definition) is 1. The molecule has 2 heterocycles. The molecule has 2 aromatic rings. The molecule has 0 bridgehead atoms. The van der Waals surface area contributed by atoms with E-state index in [0.717, 1.165) is 9.88 Å². The van der Waals surface area contributed by atoms with Gasteiger partial charge in [-0.25, -0.2) is 22.4 Å². The van der Waals surface area contributed by atoms with Crippen LogP contribution in [-0.4, -0.2) is 59.0 Å². The summed E-state index contributed by atoms with van der Waals surface area (Å²) in [6, 6.07) is 9.94. The van der Waals surface area contributed by atoms with Gasteiger partial charge in [0.25, 0.3) is 5.91 Å².